The van der Waals surface area contributed by atoms with E-state index in [1.165, 1.54) is 25.0 Å². The van der Waals surface area contributed by atoms with Crippen molar-refractivity contribution < 1.29 is 14.0 Å². The number of benzene rings is 3. The molecule has 0 aliphatic heterocycles. The van der Waals surface area contributed by atoms with E-state index < -0.39 is 0 Å². The van der Waals surface area contributed by atoms with Gasteiger partial charge >= 0.3 is 0 Å². The van der Waals surface area contributed by atoms with E-state index in [1.54, 1.807) is 12.1 Å². The van der Waals surface area contributed by atoms with Crippen LogP contribution in [-0.2, 0) is 9.59 Å². The lowest BCUT2D eigenvalue weighted by Gasteiger charge is -2.21. The molecule has 2 unspecified atom stereocenters. The summed E-state index contributed by atoms with van der Waals surface area (Å²) in [5.74, 6) is -0.610. The molecule has 0 spiro atoms. The van der Waals surface area contributed by atoms with E-state index >= 15 is 0 Å². The molecule has 0 heterocycles. The summed E-state index contributed by atoms with van der Waals surface area (Å²) in [6.45, 7) is 10.3. The van der Waals surface area contributed by atoms with Crippen LogP contribution in [0, 0.1) is 11.7 Å². The van der Waals surface area contributed by atoms with Gasteiger partial charge in [0, 0.05) is 29.8 Å². The van der Waals surface area contributed by atoms with Gasteiger partial charge in [0.05, 0.1) is 0 Å². The van der Waals surface area contributed by atoms with Crippen LogP contribution in [0.5, 0.6) is 0 Å². The van der Waals surface area contributed by atoms with Crippen molar-refractivity contribution in [3.8, 4) is 0 Å². The number of hydrogen-bond acceptors (Lipinski definition) is 4. The molecule has 0 aromatic heterocycles. The van der Waals surface area contributed by atoms with Crippen molar-refractivity contribution in [2.24, 2.45) is 23.1 Å². The third-order valence-corrected chi connectivity index (χ3v) is 7.73. The Morgan fingerprint density at radius 3 is 1.91 bits per heavy atom. The van der Waals surface area contributed by atoms with Crippen molar-refractivity contribution in [1.29, 1.82) is 0 Å². The van der Waals surface area contributed by atoms with E-state index in [0.29, 0.717) is 12.0 Å². The van der Waals surface area contributed by atoms with Crippen molar-refractivity contribution in [2.75, 3.05) is 5.32 Å². The Balaban J connectivity index is 0.000000426. The molecular formula is C38H51FN4O2. The molecule has 0 aliphatic rings. The smallest absolute Gasteiger partial charge is 0.256 e. The molecule has 0 radical (unpaired) electrons. The first-order valence-corrected chi connectivity index (χ1v) is 15.8. The van der Waals surface area contributed by atoms with Gasteiger partial charge in [-0.2, -0.15) is 0 Å². The lowest BCUT2D eigenvalue weighted by molar-refractivity contribution is -0.118. The Kier molecular flexibility index (Phi) is 16.0. The van der Waals surface area contributed by atoms with Crippen LogP contribution in [-0.4, -0.2) is 23.9 Å². The van der Waals surface area contributed by atoms with Crippen LogP contribution in [0.3, 0.4) is 0 Å². The van der Waals surface area contributed by atoms with Crippen molar-refractivity contribution in [1.82, 2.24) is 0 Å². The van der Waals surface area contributed by atoms with E-state index in [4.69, 9.17) is 17.2 Å². The lowest BCUT2D eigenvalue weighted by atomic mass is 9.85. The normalized spacial score (nSPS) is 13.5. The molecule has 3 aromatic carbocycles. The second kappa shape index (κ2) is 19.3. The molecule has 45 heavy (non-hydrogen) atoms. The van der Waals surface area contributed by atoms with Crippen molar-refractivity contribution >= 4 is 28.6 Å². The van der Waals surface area contributed by atoms with Crippen LogP contribution in [0.4, 0.5) is 10.1 Å². The number of carbonyl (C=O) groups is 2. The minimum Gasteiger partial charge on any atom is -0.370 e. The number of hydrogen-bond donors (Lipinski definition) is 4. The van der Waals surface area contributed by atoms with Crippen LogP contribution in [0.2, 0.25) is 0 Å². The van der Waals surface area contributed by atoms with Gasteiger partial charge in [0.25, 0.3) is 5.91 Å². The SMILES string of the molecule is C/C(=C(C(=O)Nc1ccccc1)\C(=C(/C)c1ccc(F)cc1)c1ccccc1)C(C)C.CCCCCC(N)CC(N)CC(N)=O. The number of primary amides is 1. The number of allylic oxidation sites excluding steroid dienone is 2. The molecule has 3 rings (SSSR count). The zero-order valence-corrected chi connectivity index (χ0v) is 27.5. The second-order valence-electron chi connectivity index (χ2n) is 11.8. The van der Waals surface area contributed by atoms with Gasteiger partial charge < -0.3 is 22.5 Å². The van der Waals surface area contributed by atoms with Gasteiger partial charge in [-0.15, -0.1) is 0 Å². The molecule has 2 amide bonds. The van der Waals surface area contributed by atoms with E-state index in [0.717, 1.165) is 46.4 Å². The molecule has 7 heteroatoms. The third kappa shape index (κ3) is 12.8. The Morgan fingerprint density at radius 1 is 0.800 bits per heavy atom. The minimum atomic E-state index is -0.349. The highest BCUT2D eigenvalue weighted by molar-refractivity contribution is 6.19. The van der Waals surface area contributed by atoms with Crippen LogP contribution >= 0.6 is 0 Å². The summed E-state index contributed by atoms with van der Waals surface area (Å²) >= 11 is 0. The zero-order chi connectivity index (χ0) is 33.4. The fourth-order valence-electron chi connectivity index (χ4n) is 5.00. The Hall–Kier alpha value is -4.07. The number of nitrogens with two attached hydrogens (primary N) is 3. The first-order chi connectivity index (χ1) is 21.4. The van der Waals surface area contributed by atoms with Gasteiger partial charge in [-0.3, -0.25) is 9.59 Å². The molecule has 6 nitrogen and oxygen atoms in total. The van der Waals surface area contributed by atoms with Gasteiger partial charge in [-0.1, -0.05) is 106 Å². The van der Waals surface area contributed by atoms with Crippen LogP contribution in [0.15, 0.2) is 96.1 Å². The maximum Gasteiger partial charge on any atom is 0.256 e. The molecule has 0 saturated heterocycles. The fraction of sp³-hybridized carbons (Fsp3) is 0.368. The van der Waals surface area contributed by atoms with Crippen LogP contribution in [0.1, 0.15) is 84.3 Å². The molecule has 0 fully saturated rings. The molecule has 242 valence electrons. The quantitative estimate of drug-likeness (QED) is 0.0639. The van der Waals surface area contributed by atoms with Gasteiger partial charge in [-0.05, 0) is 79.1 Å². The summed E-state index contributed by atoms with van der Waals surface area (Å²) in [5.41, 5.74) is 22.6. The maximum absolute atomic E-state index is 13.6. The highest BCUT2D eigenvalue weighted by Gasteiger charge is 2.23. The molecule has 0 saturated carbocycles. The third-order valence-electron chi connectivity index (χ3n) is 7.73. The number of unbranched alkanes of at least 4 members (excludes halogenated alkanes) is 2. The Morgan fingerprint density at radius 2 is 1.38 bits per heavy atom. The number of carbonyl (C=O) groups excluding carboxylic acids is 2. The number of nitrogens with one attached hydrogen (secondary N) is 1. The number of anilines is 1. The molecule has 3 aromatic rings. The van der Waals surface area contributed by atoms with Gasteiger partial charge in [0.15, 0.2) is 0 Å². The number of halogens is 1. The van der Waals surface area contributed by atoms with Gasteiger partial charge in [0.1, 0.15) is 5.82 Å². The summed E-state index contributed by atoms with van der Waals surface area (Å²) in [6.07, 6.45) is 5.45. The summed E-state index contributed by atoms with van der Waals surface area (Å²) in [6, 6.07) is 25.7. The first kappa shape index (κ1) is 37.1. The Labute approximate surface area is 269 Å². The van der Waals surface area contributed by atoms with E-state index in [1.807, 2.05) is 74.5 Å². The molecule has 0 bridgehead atoms. The monoisotopic (exact) mass is 614 g/mol. The predicted octanol–water partition coefficient (Wildman–Crippen LogP) is 7.85. The van der Waals surface area contributed by atoms with Crippen molar-refractivity contribution in [3.05, 3.63) is 113 Å². The van der Waals surface area contributed by atoms with Gasteiger partial charge in [-0.25, -0.2) is 4.39 Å². The summed E-state index contributed by atoms with van der Waals surface area (Å²) < 4.78 is 13.5. The number of rotatable bonds is 14. The summed E-state index contributed by atoms with van der Waals surface area (Å²) in [4.78, 5) is 24.2. The number of para-hydroxylation sites is 1. The molecular weight excluding hydrogens is 563 g/mol. The standard InChI is InChI=1S/C28H28FNO.C10H23N3O/c1-19(2)20(3)27(28(31)30-25-13-9-6-10-14-25)26(23-11-7-5-8-12-23)21(4)22-15-17-24(29)18-16-22;1-2-3-4-5-8(11)6-9(12)7-10(13)14/h5-19H,1-4H3,(H,30,31);8-9H,2-7,11-12H2,1H3,(H2,13,14)/b26-21+,27-20-;. The first-order valence-electron chi connectivity index (χ1n) is 15.8. The topological polar surface area (TPSA) is 124 Å². The summed E-state index contributed by atoms with van der Waals surface area (Å²) in [7, 11) is 0. The highest BCUT2D eigenvalue weighted by atomic mass is 19.1. The van der Waals surface area contributed by atoms with E-state index in [9.17, 15) is 14.0 Å². The number of amides is 2. The largest absolute Gasteiger partial charge is 0.370 e. The molecule has 2 atom stereocenters. The lowest BCUT2D eigenvalue weighted by Crippen LogP contribution is -2.34. The minimum absolute atomic E-state index is 0.107. The highest BCUT2D eigenvalue weighted by Crippen LogP contribution is 2.36. The average molecular weight is 615 g/mol. The molecule has 0 aliphatic carbocycles. The zero-order valence-electron chi connectivity index (χ0n) is 27.5. The van der Waals surface area contributed by atoms with Crippen molar-refractivity contribution in [2.45, 2.75) is 85.2 Å². The van der Waals surface area contributed by atoms with Gasteiger partial charge in [0.2, 0.25) is 5.91 Å². The maximum atomic E-state index is 13.6. The summed E-state index contributed by atoms with van der Waals surface area (Å²) in [5, 5.41) is 3.05. The predicted molar refractivity (Wildman–Crippen MR) is 186 cm³/mol. The fourth-order valence-corrected chi connectivity index (χ4v) is 5.00. The van der Waals surface area contributed by atoms with Crippen LogP contribution < -0.4 is 22.5 Å². The average Bonchev–Trinajstić information content (AvgIpc) is 3.00. The second-order valence-corrected chi connectivity index (χ2v) is 11.8. The van der Waals surface area contributed by atoms with E-state index in [-0.39, 0.29) is 42.1 Å². The van der Waals surface area contributed by atoms with Crippen LogP contribution in [0.25, 0.3) is 11.1 Å². The molecule has 7 N–H and O–H groups in total. The van der Waals surface area contributed by atoms with Crippen molar-refractivity contribution in [3.63, 3.8) is 0 Å². The Bertz CT molecular complexity index is 1400. The van der Waals surface area contributed by atoms with E-state index in [2.05, 4.69) is 26.1 Å².